The second kappa shape index (κ2) is 8.50. The highest BCUT2D eigenvalue weighted by Gasteiger charge is 2.30. The molecule has 0 bridgehead atoms. The Balaban J connectivity index is 1.54. The zero-order valence-electron chi connectivity index (χ0n) is 17.8. The number of benzene rings is 1. The van der Waals surface area contributed by atoms with Gasteiger partial charge in [-0.2, -0.15) is 9.61 Å². The molecule has 0 radical (unpaired) electrons. The Morgan fingerprint density at radius 2 is 2.00 bits per heavy atom. The minimum Gasteiger partial charge on any atom is -0.466 e. The third-order valence-electron chi connectivity index (χ3n) is 6.38. The van der Waals surface area contributed by atoms with Crippen LogP contribution in [-0.4, -0.2) is 40.3 Å². The molecule has 0 N–H and O–H groups in total. The fourth-order valence-corrected chi connectivity index (χ4v) is 5.02. The molecule has 1 fully saturated rings. The number of carbonyl (C=O) groups is 1. The van der Waals surface area contributed by atoms with Gasteiger partial charge in [0.1, 0.15) is 5.82 Å². The Labute approximate surface area is 187 Å². The summed E-state index contributed by atoms with van der Waals surface area (Å²) in [6, 6.07) is 9.83. The molecule has 2 aliphatic rings. The number of ether oxygens (including phenoxy) is 1. The molecule has 0 atom stereocenters. The highest BCUT2D eigenvalue weighted by atomic mass is 35.5. The van der Waals surface area contributed by atoms with Gasteiger partial charge >= 0.3 is 5.97 Å². The van der Waals surface area contributed by atoms with E-state index >= 15 is 0 Å². The van der Waals surface area contributed by atoms with Gasteiger partial charge in [-0.05, 0) is 57.6 Å². The summed E-state index contributed by atoms with van der Waals surface area (Å²) in [6.45, 7) is 3.95. The molecule has 0 amide bonds. The topological polar surface area (TPSA) is 59.7 Å². The lowest BCUT2D eigenvalue weighted by molar-refractivity contribution is -0.148. The van der Waals surface area contributed by atoms with Crippen molar-refractivity contribution < 1.29 is 9.53 Å². The van der Waals surface area contributed by atoms with E-state index in [1.807, 2.05) is 35.7 Å². The number of halogens is 1. The third-order valence-corrected chi connectivity index (χ3v) is 6.62. The summed E-state index contributed by atoms with van der Waals surface area (Å²) >= 11 is 6.22. The van der Waals surface area contributed by atoms with Crippen molar-refractivity contribution in [2.45, 2.75) is 45.4 Å². The fourth-order valence-electron chi connectivity index (χ4n) is 4.83. The van der Waals surface area contributed by atoms with Gasteiger partial charge in [0.25, 0.3) is 0 Å². The van der Waals surface area contributed by atoms with Gasteiger partial charge in [0.15, 0.2) is 5.65 Å². The van der Waals surface area contributed by atoms with Crippen molar-refractivity contribution in [2.75, 3.05) is 24.6 Å². The molecule has 3 heterocycles. The molecule has 5 rings (SSSR count). The Morgan fingerprint density at radius 1 is 1.19 bits per heavy atom. The predicted octanol–water partition coefficient (Wildman–Crippen LogP) is 4.71. The minimum atomic E-state index is -0.0635. The number of esters is 1. The number of anilines is 1. The second-order valence-electron chi connectivity index (χ2n) is 8.39. The molecule has 1 saturated heterocycles. The van der Waals surface area contributed by atoms with E-state index in [1.165, 1.54) is 24.1 Å². The quantitative estimate of drug-likeness (QED) is 0.552. The molecule has 6 nitrogen and oxygen atoms in total. The van der Waals surface area contributed by atoms with Gasteiger partial charge in [0.05, 0.1) is 18.2 Å². The van der Waals surface area contributed by atoms with Gasteiger partial charge in [-0.3, -0.25) is 4.79 Å². The van der Waals surface area contributed by atoms with Gasteiger partial charge < -0.3 is 9.64 Å². The predicted molar refractivity (Wildman–Crippen MR) is 122 cm³/mol. The molecule has 1 aliphatic heterocycles. The van der Waals surface area contributed by atoms with E-state index in [4.69, 9.17) is 26.4 Å². The maximum Gasteiger partial charge on any atom is 0.309 e. The van der Waals surface area contributed by atoms with Crippen LogP contribution in [-0.2, 0) is 22.4 Å². The Hall–Kier alpha value is -2.60. The number of rotatable bonds is 4. The summed E-state index contributed by atoms with van der Waals surface area (Å²) in [4.78, 5) is 19.6. The summed E-state index contributed by atoms with van der Waals surface area (Å²) in [7, 11) is 0. The van der Waals surface area contributed by atoms with Gasteiger partial charge in [-0.15, -0.1) is 0 Å². The molecule has 0 saturated carbocycles. The van der Waals surface area contributed by atoms with Gasteiger partial charge in [-0.25, -0.2) is 4.98 Å². The molecule has 31 heavy (non-hydrogen) atoms. The average molecular weight is 439 g/mol. The minimum absolute atomic E-state index is 0.0102. The summed E-state index contributed by atoms with van der Waals surface area (Å²) in [5.41, 5.74) is 5.24. The first kappa shape index (κ1) is 20.3. The van der Waals surface area contributed by atoms with Crippen LogP contribution in [0.5, 0.6) is 0 Å². The number of hydrogen-bond donors (Lipinski definition) is 0. The van der Waals surface area contributed by atoms with E-state index in [0.717, 1.165) is 61.5 Å². The van der Waals surface area contributed by atoms with E-state index in [2.05, 4.69) is 11.0 Å². The van der Waals surface area contributed by atoms with E-state index in [-0.39, 0.29) is 11.9 Å². The summed E-state index contributed by atoms with van der Waals surface area (Å²) in [6.07, 6.45) is 6.00. The molecule has 7 heteroatoms. The Bertz CT molecular complexity index is 1120. The number of piperidine rings is 1. The van der Waals surface area contributed by atoms with Crippen LogP contribution in [0.25, 0.3) is 16.9 Å². The normalized spacial score (nSPS) is 17.0. The molecule has 2 aromatic heterocycles. The highest BCUT2D eigenvalue weighted by molar-refractivity contribution is 6.30. The van der Waals surface area contributed by atoms with Gasteiger partial charge in [0.2, 0.25) is 0 Å². The van der Waals surface area contributed by atoms with Crippen LogP contribution in [0.1, 0.15) is 43.9 Å². The largest absolute Gasteiger partial charge is 0.466 e. The van der Waals surface area contributed by atoms with Crippen molar-refractivity contribution in [1.29, 1.82) is 0 Å². The third kappa shape index (κ3) is 3.89. The number of fused-ring (bicyclic) bond motifs is 2. The average Bonchev–Trinajstić information content (AvgIpc) is 3.21. The molecule has 3 aromatic rings. The summed E-state index contributed by atoms with van der Waals surface area (Å²) < 4.78 is 7.25. The summed E-state index contributed by atoms with van der Waals surface area (Å²) in [5, 5.41) is 5.65. The van der Waals surface area contributed by atoms with Crippen LogP contribution < -0.4 is 4.90 Å². The number of carbonyl (C=O) groups excluding carboxylic acids is 1. The van der Waals surface area contributed by atoms with Crippen LogP contribution in [0.4, 0.5) is 5.82 Å². The van der Waals surface area contributed by atoms with Crippen LogP contribution in [0, 0.1) is 5.92 Å². The highest BCUT2D eigenvalue weighted by Crippen LogP contribution is 2.34. The lowest BCUT2D eigenvalue weighted by atomic mass is 9.93. The molecular formula is C24H27ClN4O2. The lowest BCUT2D eigenvalue weighted by Crippen LogP contribution is -2.39. The van der Waals surface area contributed by atoms with Crippen molar-refractivity contribution in [1.82, 2.24) is 14.6 Å². The van der Waals surface area contributed by atoms with E-state index in [0.29, 0.717) is 11.6 Å². The van der Waals surface area contributed by atoms with Gasteiger partial charge in [0, 0.05) is 41.0 Å². The van der Waals surface area contributed by atoms with Crippen molar-refractivity contribution >= 4 is 29.0 Å². The van der Waals surface area contributed by atoms with Crippen LogP contribution in [0.3, 0.4) is 0 Å². The van der Waals surface area contributed by atoms with Crippen molar-refractivity contribution in [2.24, 2.45) is 5.92 Å². The Kier molecular flexibility index (Phi) is 5.57. The second-order valence-corrected chi connectivity index (χ2v) is 8.83. The standard InChI is InChI=1S/C24H27ClN4O2/c1-2-31-24(30)16-10-12-28(13-11-16)23-19-8-3-4-9-20(19)26-22-15-21(27-29(22)23)17-6-5-7-18(25)14-17/h5-7,14-16H,2-4,8-13H2,1H3. The molecular weight excluding hydrogens is 412 g/mol. The van der Waals surface area contributed by atoms with Crippen LogP contribution in [0.2, 0.25) is 5.02 Å². The number of aromatic nitrogens is 3. The molecule has 0 spiro atoms. The van der Waals surface area contributed by atoms with E-state index < -0.39 is 0 Å². The number of aryl methyl sites for hydroxylation is 1. The number of nitrogens with zero attached hydrogens (tertiary/aromatic N) is 4. The molecule has 1 aliphatic carbocycles. The molecule has 1 aromatic carbocycles. The van der Waals surface area contributed by atoms with Crippen molar-refractivity contribution in [3.63, 3.8) is 0 Å². The number of hydrogen-bond acceptors (Lipinski definition) is 5. The first-order chi connectivity index (χ1) is 15.1. The lowest BCUT2D eigenvalue weighted by Gasteiger charge is -2.34. The smallest absolute Gasteiger partial charge is 0.309 e. The maximum absolute atomic E-state index is 12.2. The fraction of sp³-hybridized carbons (Fsp3) is 0.458. The van der Waals surface area contributed by atoms with Crippen LogP contribution in [0.15, 0.2) is 30.3 Å². The monoisotopic (exact) mass is 438 g/mol. The van der Waals surface area contributed by atoms with Crippen LogP contribution >= 0.6 is 11.6 Å². The van der Waals surface area contributed by atoms with E-state index in [1.54, 1.807) is 0 Å². The molecule has 162 valence electrons. The van der Waals surface area contributed by atoms with Gasteiger partial charge in [-0.1, -0.05) is 23.7 Å². The van der Waals surface area contributed by atoms with Crippen molar-refractivity contribution in [3.05, 3.63) is 46.6 Å². The molecule has 0 unspecified atom stereocenters. The summed E-state index contributed by atoms with van der Waals surface area (Å²) in [5.74, 6) is 1.07. The van der Waals surface area contributed by atoms with E-state index in [9.17, 15) is 4.79 Å². The zero-order chi connectivity index (χ0) is 21.4. The maximum atomic E-state index is 12.2. The Morgan fingerprint density at radius 3 is 2.77 bits per heavy atom. The first-order valence-corrected chi connectivity index (χ1v) is 11.6. The van der Waals surface area contributed by atoms with Crippen molar-refractivity contribution in [3.8, 4) is 11.3 Å². The SMILES string of the molecule is CCOC(=O)C1CCN(c2c3c(nc4cc(-c5cccc(Cl)c5)nn24)CCCC3)CC1. The first-order valence-electron chi connectivity index (χ1n) is 11.2. The zero-order valence-corrected chi connectivity index (χ0v) is 18.6.